The van der Waals surface area contributed by atoms with Crippen LogP contribution >= 0.6 is 15.9 Å². The van der Waals surface area contributed by atoms with Gasteiger partial charge in [-0.25, -0.2) is 0 Å². The summed E-state index contributed by atoms with van der Waals surface area (Å²) in [6.07, 6.45) is 0.498. The van der Waals surface area contributed by atoms with Crippen LogP contribution in [0.25, 0.3) is 0 Å². The lowest BCUT2D eigenvalue weighted by atomic mass is 9.66. The van der Waals surface area contributed by atoms with Gasteiger partial charge >= 0.3 is 5.97 Å². The molecule has 4 atom stereocenters. The second-order valence-electron chi connectivity index (χ2n) is 8.49. The van der Waals surface area contributed by atoms with Crippen LogP contribution in [-0.4, -0.2) is 51.6 Å². The van der Waals surface area contributed by atoms with Gasteiger partial charge in [-0.2, -0.15) is 0 Å². The van der Waals surface area contributed by atoms with E-state index in [-0.39, 0.29) is 31.4 Å². The molecule has 2 aliphatic heterocycles. The van der Waals surface area contributed by atoms with Gasteiger partial charge < -0.3 is 33.2 Å². The summed E-state index contributed by atoms with van der Waals surface area (Å²) >= 11 is 3.86. The minimum atomic E-state index is -1.06. The third-order valence-corrected chi connectivity index (χ3v) is 8.12. The van der Waals surface area contributed by atoms with Gasteiger partial charge in [0.1, 0.15) is 4.32 Å². The maximum atomic E-state index is 13.3. The maximum Gasteiger partial charge on any atom is 0.324 e. The molecule has 1 saturated heterocycles. The molecule has 182 valence electrons. The van der Waals surface area contributed by atoms with Gasteiger partial charge in [0, 0.05) is 12.5 Å². The molecule has 1 fully saturated rings. The molecule has 2 aromatic rings. The lowest BCUT2D eigenvalue weighted by Gasteiger charge is -2.44. The third-order valence-electron chi connectivity index (χ3n) is 6.75. The van der Waals surface area contributed by atoms with Gasteiger partial charge in [-0.1, -0.05) is 22.9 Å². The van der Waals surface area contributed by atoms with Crippen molar-refractivity contribution in [2.45, 2.75) is 29.7 Å². The molecule has 3 aliphatic rings. The minimum absolute atomic E-state index is 0.151. The Balaban J connectivity index is 1.77. The van der Waals surface area contributed by atoms with Crippen molar-refractivity contribution in [1.82, 2.24) is 0 Å². The molecule has 5 rings (SSSR count). The fourth-order valence-electron chi connectivity index (χ4n) is 5.24. The molecule has 0 radical (unpaired) electrons. The number of benzene rings is 2. The molecule has 34 heavy (non-hydrogen) atoms. The van der Waals surface area contributed by atoms with Crippen LogP contribution in [0.5, 0.6) is 28.7 Å². The first-order valence-corrected chi connectivity index (χ1v) is 12.0. The number of hydrogen-bond acceptors (Lipinski definition) is 8. The molecule has 1 aliphatic carbocycles. The van der Waals surface area contributed by atoms with Crippen molar-refractivity contribution >= 4 is 21.9 Å². The summed E-state index contributed by atoms with van der Waals surface area (Å²) in [6, 6.07) is 7.66. The molecule has 2 aromatic carbocycles. The number of carbonyl (C=O) groups excluding carboxylic acids is 1. The summed E-state index contributed by atoms with van der Waals surface area (Å²) in [5.74, 6) is 1.75. The summed E-state index contributed by atoms with van der Waals surface area (Å²) in [7, 11) is 4.70. The van der Waals surface area contributed by atoms with Crippen LogP contribution in [0.2, 0.25) is 0 Å². The number of hydrogen-bond donors (Lipinski definition) is 0. The van der Waals surface area contributed by atoms with Gasteiger partial charge in [-0.05, 0) is 47.4 Å². The first-order chi connectivity index (χ1) is 16.5. The smallest absolute Gasteiger partial charge is 0.324 e. The highest BCUT2D eigenvalue weighted by molar-refractivity contribution is 9.10. The predicted molar refractivity (Wildman–Crippen MR) is 126 cm³/mol. The number of cyclic esters (lactones) is 1. The molecular weight excluding hydrogens is 508 g/mol. The Labute approximate surface area is 206 Å². The van der Waals surface area contributed by atoms with E-state index in [9.17, 15) is 4.79 Å². The molecule has 0 aromatic heterocycles. The van der Waals surface area contributed by atoms with Crippen molar-refractivity contribution in [3.63, 3.8) is 0 Å². The highest BCUT2D eigenvalue weighted by Crippen LogP contribution is 2.61. The van der Waals surface area contributed by atoms with E-state index in [1.54, 1.807) is 21.3 Å². The summed E-state index contributed by atoms with van der Waals surface area (Å²) < 4.78 is 39.0. The van der Waals surface area contributed by atoms with E-state index in [1.807, 2.05) is 24.3 Å². The van der Waals surface area contributed by atoms with E-state index in [4.69, 9.17) is 33.2 Å². The number of fused-ring (bicyclic) bond motifs is 3. The Morgan fingerprint density at radius 3 is 2.21 bits per heavy atom. The fraction of sp³-hybridized carbons (Fsp3) is 0.480. The molecule has 0 bridgehead atoms. The van der Waals surface area contributed by atoms with Crippen molar-refractivity contribution in [1.29, 1.82) is 0 Å². The van der Waals surface area contributed by atoms with Gasteiger partial charge in [-0.3, -0.25) is 4.79 Å². The summed E-state index contributed by atoms with van der Waals surface area (Å²) in [6.45, 7) is 3.01. The molecule has 0 spiro atoms. The Hall–Kier alpha value is -2.65. The van der Waals surface area contributed by atoms with Crippen molar-refractivity contribution in [3.8, 4) is 28.7 Å². The van der Waals surface area contributed by atoms with Gasteiger partial charge in [0.05, 0.1) is 40.0 Å². The zero-order chi connectivity index (χ0) is 24.0. The maximum absolute atomic E-state index is 13.3. The summed E-state index contributed by atoms with van der Waals surface area (Å²) in [5.41, 5.74) is 2.66. The second kappa shape index (κ2) is 8.85. The van der Waals surface area contributed by atoms with Crippen molar-refractivity contribution in [2.24, 2.45) is 5.92 Å². The molecule has 8 nitrogen and oxygen atoms in total. The quantitative estimate of drug-likeness (QED) is 0.382. The molecule has 9 heteroatoms. The molecule has 0 saturated carbocycles. The number of esters is 1. The Bertz CT molecular complexity index is 1090. The van der Waals surface area contributed by atoms with E-state index in [0.29, 0.717) is 35.4 Å². The van der Waals surface area contributed by atoms with Gasteiger partial charge in [0.15, 0.2) is 23.0 Å². The van der Waals surface area contributed by atoms with Crippen LogP contribution in [0, 0.1) is 5.92 Å². The molecular formula is C25H27BrO8. The van der Waals surface area contributed by atoms with Crippen molar-refractivity contribution < 1.29 is 38.0 Å². The highest BCUT2D eigenvalue weighted by Gasteiger charge is 2.63. The number of carbonyl (C=O) groups is 1. The number of methoxy groups -OCH3 is 3. The van der Waals surface area contributed by atoms with Crippen LogP contribution < -0.4 is 23.7 Å². The monoisotopic (exact) mass is 534 g/mol. The summed E-state index contributed by atoms with van der Waals surface area (Å²) in [4.78, 5) is 13.3. The Morgan fingerprint density at radius 1 is 0.971 bits per heavy atom. The van der Waals surface area contributed by atoms with Gasteiger partial charge in [-0.15, -0.1) is 0 Å². The predicted octanol–water partition coefficient (Wildman–Crippen LogP) is 4.36. The zero-order valence-corrected chi connectivity index (χ0v) is 21.1. The lowest BCUT2D eigenvalue weighted by Crippen LogP contribution is -2.48. The van der Waals surface area contributed by atoms with E-state index < -0.39 is 10.2 Å². The second-order valence-corrected chi connectivity index (χ2v) is 9.80. The first kappa shape index (κ1) is 23.1. The normalized spacial score (nSPS) is 26.5. The van der Waals surface area contributed by atoms with Crippen molar-refractivity contribution in [3.05, 3.63) is 41.0 Å². The SMILES string of the molecule is CCCO[C@H]1c2cc3c(cc2[C@@H](c2cc(OC)c(OC)c(OC)c2)[C@]2(Br)C(=O)OC[C@H]12)OCO3. The standard InChI is InChI=1S/C25H27BrO8/c1-5-6-31-22-15-10-18-17(33-12-34-18)9-14(15)21(25(26)16(22)11-32-24(25)27)13-7-19(28-2)23(30-4)20(8-13)29-3/h7-10,16,21-22H,5-6,11-12H2,1-4H3/t16-,21-,22+,25+/m1/s1. The molecule has 0 amide bonds. The van der Waals surface area contributed by atoms with Crippen LogP contribution in [0.4, 0.5) is 0 Å². The third kappa shape index (κ3) is 3.32. The van der Waals surface area contributed by atoms with Gasteiger partial charge in [0.2, 0.25) is 12.5 Å². The lowest BCUT2D eigenvalue weighted by molar-refractivity contribution is -0.140. The van der Waals surface area contributed by atoms with Crippen molar-refractivity contribution in [2.75, 3.05) is 41.3 Å². The molecule has 2 heterocycles. The van der Waals surface area contributed by atoms with E-state index in [1.165, 1.54) is 0 Å². The average Bonchev–Trinajstić information content (AvgIpc) is 3.43. The van der Waals surface area contributed by atoms with E-state index >= 15 is 0 Å². The zero-order valence-electron chi connectivity index (χ0n) is 19.5. The minimum Gasteiger partial charge on any atom is -0.493 e. The molecule has 0 N–H and O–H groups in total. The molecule has 0 unspecified atom stereocenters. The van der Waals surface area contributed by atoms with E-state index in [2.05, 4.69) is 22.9 Å². The number of rotatable bonds is 7. The fourth-order valence-corrected chi connectivity index (χ4v) is 6.24. The topological polar surface area (TPSA) is 81.7 Å². The van der Waals surface area contributed by atoms with E-state index in [0.717, 1.165) is 23.1 Å². The largest absolute Gasteiger partial charge is 0.493 e. The number of ether oxygens (including phenoxy) is 7. The highest BCUT2D eigenvalue weighted by atomic mass is 79.9. The number of alkyl halides is 1. The average molecular weight is 535 g/mol. The van der Waals surface area contributed by atoms with Crippen LogP contribution in [0.3, 0.4) is 0 Å². The summed E-state index contributed by atoms with van der Waals surface area (Å²) in [5, 5.41) is 0. The Kier molecular flexibility index (Phi) is 6.02. The number of halogens is 1. The van der Waals surface area contributed by atoms with Crippen LogP contribution in [-0.2, 0) is 14.3 Å². The van der Waals surface area contributed by atoms with Crippen LogP contribution in [0.15, 0.2) is 24.3 Å². The Morgan fingerprint density at radius 2 is 1.62 bits per heavy atom. The van der Waals surface area contributed by atoms with Gasteiger partial charge in [0.25, 0.3) is 0 Å². The first-order valence-electron chi connectivity index (χ1n) is 11.2. The van der Waals surface area contributed by atoms with Crippen LogP contribution in [0.1, 0.15) is 42.1 Å².